The third-order valence-electron chi connectivity index (χ3n) is 15.3. The number of rotatable bonds is 16. The summed E-state index contributed by atoms with van der Waals surface area (Å²) in [5, 5.41) is 26.1. The van der Waals surface area contributed by atoms with E-state index in [2.05, 4.69) is 40.2 Å². The summed E-state index contributed by atoms with van der Waals surface area (Å²) in [7, 11) is 1.76. The number of amides is 1. The predicted molar refractivity (Wildman–Crippen MR) is 293 cm³/mol. The number of aromatic nitrogens is 4. The number of esters is 1. The maximum atomic E-state index is 16.7. The highest BCUT2D eigenvalue weighted by Gasteiger charge is 2.48. The number of ether oxygens (including phenoxy) is 6. The van der Waals surface area contributed by atoms with Crippen molar-refractivity contribution in [2.24, 2.45) is 16.8 Å². The Morgan fingerprint density at radius 2 is 1.73 bits per heavy atom. The molecule has 5 aliphatic rings. The number of fused-ring (bicyclic) bond motifs is 4. The van der Waals surface area contributed by atoms with Crippen molar-refractivity contribution in [2.45, 2.75) is 156 Å². The van der Waals surface area contributed by atoms with E-state index in [1.807, 2.05) is 50.9 Å². The Kier molecular flexibility index (Phi) is 17.2. The highest BCUT2D eigenvalue weighted by atomic mass is 19.1. The number of benzene rings is 3. The molecule has 2 aromatic heterocycles. The predicted octanol–water partition coefficient (Wildman–Crippen LogP) is 10.2. The molecule has 4 aliphatic heterocycles. The Morgan fingerprint density at radius 3 is 2.34 bits per heavy atom. The van der Waals surface area contributed by atoms with Crippen molar-refractivity contribution >= 4 is 51.5 Å². The van der Waals surface area contributed by atoms with Crippen molar-refractivity contribution in [2.75, 3.05) is 51.5 Å². The Labute approximate surface area is 450 Å². The van der Waals surface area contributed by atoms with E-state index in [-0.39, 0.29) is 60.7 Å². The van der Waals surface area contributed by atoms with Gasteiger partial charge in [-0.15, -0.1) is 0 Å². The zero-order valence-corrected chi connectivity index (χ0v) is 46.1. The number of nitrogens with zero attached hydrogens (tertiary/aromatic N) is 7. The lowest BCUT2D eigenvalue weighted by Gasteiger charge is -2.36. The van der Waals surface area contributed by atoms with Gasteiger partial charge in [-0.25, -0.2) is 13.9 Å². The van der Waals surface area contributed by atoms with Crippen LogP contribution in [-0.4, -0.2) is 130 Å². The normalized spacial score (nSPS) is 20.9. The second kappa shape index (κ2) is 23.8. The molecule has 10 rings (SSSR count). The molecule has 3 aromatic carbocycles. The fourth-order valence-electron chi connectivity index (χ4n) is 11.4. The minimum Gasteiger partial charge on any atom is -0.486 e. The second-order valence-electron chi connectivity index (χ2n) is 21.8. The molecule has 5 fully saturated rings. The van der Waals surface area contributed by atoms with Crippen LogP contribution >= 0.6 is 0 Å². The molecule has 4 saturated heterocycles. The molecule has 1 amide bonds. The number of hydrogen-bond acceptors (Lipinski definition) is 15. The van der Waals surface area contributed by atoms with Crippen molar-refractivity contribution in [3.05, 3.63) is 76.7 Å². The van der Waals surface area contributed by atoms with E-state index < -0.39 is 23.9 Å². The Morgan fingerprint density at radius 1 is 0.974 bits per heavy atom. The maximum absolute atomic E-state index is 16.7. The van der Waals surface area contributed by atoms with Crippen molar-refractivity contribution in [3.8, 4) is 22.9 Å². The lowest BCUT2D eigenvalue weighted by Crippen LogP contribution is -2.50. The highest BCUT2D eigenvalue weighted by Crippen LogP contribution is 2.54. The van der Waals surface area contributed by atoms with Crippen molar-refractivity contribution in [1.29, 1.82) is 0 Å². The third kappa shape index (κ3) is 12.3. The Hall–Kier alpha value is -6.21. The molecule has 2 N–H and O–H groups in total. The van der Waals surface area contributed by atoms with Crippen LogP contribution in [0.4, 0.5) is 15.0 Å². The van der Waals surface area contributed by atoms with Gasteiger partial charge in [0.15, 0.2) is 12.0 Å². The van der Waals surface area contributed by atoms with Gasteiger partial charge in [0.1, 0.15) is 29.9 Å². The summed E-state index contributed by atoms with van der Waals surface area (Å²) in [6.07, 6.45) is 10.9. The number of carbonyl (C=O) groups excluding carboxylic acids is 2. The summed E-state index contributed by atoms with van der Waals surface area (Å²) in [5.74, 6) is -1.10. The van der Waals surface area contributed by atoms with Gasteiger partial charge in [0.25, 0.3) is 0 Å². The molecular weight excluding hydrogens is 986 g/mol. The number of carbonyl (C=O) groups is 2. The molecule has 17 nitrogen and oxygen atoms in total. The maximum Gasteiger partial charge on any atom is 0.412 e. The van der Waals surface area contributed by atoms with E-state index in [9.17, 15) is 19.8 Å². The number of hydrogen-bond donors (Lipinski definition) is 2. The van der Waals surface area contributed by atoms with Gasteiger partial charge in [-0.2, -0.15) is 15.1 Å². The number of allylic oxidation sites excluding steroid dienone is 2. The minimum absolute atomic E-state index is 0.0759. The first-order valence-electron chi connectivity index (χ1n) is 27.5. The molecule has 1 saturated carbocycles. The SMILES string of the molecule is C/C=C(\C=NC)c1ccc(COc2c(-c3c(C)c(F)cc4c3cnn4C3CCCCO3)c(C3CC3)cc3c(N4C[C@@H]5C[C@H]4CN5C(=O)OC(C)(C)O)nc(OC4CCOCC4)nc23)cc1.CCOC(=O)C(C(C)C)C(C)O. The fourth-order valence-corrected chi connectivity index (χ4v) is 11.4. The summed E-state index contributed by atoms with van der Waals surface area (Å²) in [6, 6.07) is 12.0. The summed E-state index contributed by atoms with van der Waals surface area (Å²) in [5.41, 5.74) is 7.29. The molecule has 6 heterocycles. The quantitative estimate of drug-likeness (QED) is 0.0539. The van der Waals surface area contributed by atoms with Crippen LogP contribution in [-0.2, 0) is 30.3 Å². The number of likely N-dealkylation sites (tertiary alicyclic amines) is 1. The van der Waals surface area contributed by atoms with Crippen LogP contribution in [0.3, 0.4) is 0 Å². The molecule has 77 heavy (non-hydrogen) atoms. The van der Waals surface area contributed by atoms with Gasteiger partial charge in [0, 0.05) is 87.6 Å². The van der Waals surface area contributed by atoms with E-state index in [0.29, 0.717) is 86.9 Å². The zero-order chi connectivity index (χ0) is 54.7. The largest absolute Gasteiger partial charge is 0.486 e. The van der Waals surface area contributed by atoms with Gasteiger partial charge >= 0.3 is 18.1 Å². The van der Waals surface area contributed by atoms with Crippen LogP contribution in [0.2, 0.25) is 0 Å². The van der Waals surface area contributed by atoms with Crippen LogP contribution in [0.25, 0.3) is 38.5 Å². The van der Waals surface area contributed by atoms with Gasteiger partial charge < -0.3 is 48.4 Å². The van der Waals surface area contributed by atoms with Crippen LogP contribution in [0.5, 0.6) is 11.8 Å². The lowest BCUT2D eigenvalue weighted by molar-refractivity contribution is -0.153. The number of anilines is 1. The smallest absolute Gasteiger partial charge is 0.412 e. The molecule has 18 heteroatoms. The number of aliphatic hydroxyl groups is 2. The number of piperazine rings is 1. The molecule has 414 valence electrons. The summed E-state index contributed by atoms with van der Waals surface area (Å²) < 4.78 is 54.4. The lowest BCUT2D eigenvalue weighted by atomic mass is 9.88. The number of aliphatic hydroxyl groups excluding tert-OH is 1. The van der Waals surface area contributed by atoms with Crippen molar-refractivity contribution < 1.29 is 52.6 Å². The monoisotopic (exact) mass is 1060 g/mol. The molecule has 1 aliphatic carbocycles. The summed E-state index contributed by atoms with van der Waals surface area (Å²) in [4.78, 5) is 43.2. The molecule has 0 radical (unpaired) electrons. The Bertz CT molecular complexity index is 2960. The molecule has 0 spiro atoms. The van der Waals surface area contributed by atoms with Crippen LogP contribution in [0.15, 0.2) is 53.7 Å². The number of aliphatic imine (C=N–C) groups is 1. The standard InChI is InChI=1S/C50H58FN7O7.C9H18O3/c1-6-31(24-52-5)32-12-10-30(11-13-32)28-63-46-44(43-29(2)40(51)23-41-39(43)25-53-58(41)42-9-7-8-18-62-42)37(33-14-15-33)22-38-45(46)54-48(64-36-16-19-61-20-17-36)55-47(38)56-26-35-21-34(56)27-57(35)49(59)65-50(3,4)60;1-5-12-9(11)8(6(2)3)7(4)10/h6,10-13,22-25,33-36,42,60H,7-9,14-21,26-28H2,1-5H3;6-8,10H,5H2,1-4H3/b31-6+,52-24?;/t34-,35-,42?;/m0./s1. The number of halogens is 1. The van der Waals surface area contributed by atoms with Crippen molar-refractivity contribution in [3.63, 3.8) is 0 Å². The first-order valence-corrected chi connectivity index (χ1v) is 27.5. The zero-order valence-electron chi connectivity index (χ0n) is 46.1. The Balaban J connectivity index is 0.000000539. The summed E-state index contributed by atoms with van der Waals surface area (Å²) in [6.45, 7) is 17.2. The van der Waals surface area contributed by atoms with Gasteiger partial charge in [-0.3, -0.25) is 9.79 Å². The highest BCUT2D eigenvalue weighted by molar-refractivity contribution is 6.09. The molecule has 5 atom stereocenters. The molecule has 3 unspecified atom stereocenters. The van der Waals surface area contributed by atoms with Crippen LogP contribution < -0.4 is 14.4 Å². The average molecular weight is 1060 g/mol. The van der Waals surface area contributed by atoms with Crippen LogP contribution in [0, 0.1) is 24.6 Å². The van der Waals surface area contributed by atoms with Gasteiger partial charge in [-0.1, -0.05) is 44.2 Å². The topological polar surface area (TPSA) is 192 Å². The first-order chi connectivity index (χ1) is 37.0. The minimum atomic E-state index is -1.60. The molecular formula is C59H76FN7O10. The van der Waals surface area contributed by atoms with Crippen LogP contribution in [0.1, 0.15) is 134 Å². The third-order valence-corrected chi connectivity index (χ3v) is 15.3. The molecule has 2 bridgehead atoms. The van der Waals surface area contributed by atoms with Gasteiger partial charge in [0.05, 0.1) is 55.6 Å². The fraction of sp³-hybridized carbons (Fsp3) is 0.559. The van der Waals surface area contributed by atoms with E-state index in [1.54, 1.807) is 31.9 Å². The van der Waals surface area contributed by atoms with E-state index in [4.69, 9.17) is 43.5 Å². The van der Waals surface area contributed by atoms with E-state index >= 15 is 4.39 Å². The van der Waals surface area contributed by atoms with Crippen molar-refractivity contribution in [1.82, 2.24) is 24.6 Å². The second-order valence-corrected chi connectivity index (χ2v) is 21.8. The average Bonchev–Trinajstić information content (AvgIpc) is 4.01. The van der Waals surface area contributed by atoms with Gasteiger partial charge in [-0.05, 0) is 112 Å². The summed E-state index contributed by atoms with van der Waals surface area (Å²) >= 11 is 0. The molecule has 5 aromatic rings. The van der Waals surface area contributed by atoms with E-state index in [0.717, 1.165) is 76.3 Å². The first kappa shape index (κ1) is 55.5. The van der Waals surface area contributed by atoms with Gasteiger partial charge in [0.2, 0.25) is 5.79 Å². The van der Waals surface area contributed by atoms with E-state index in [1.165, 1.54) is 13.8 Å².